The van der Waals surface area contributed by atoms with Crippen LogP contribution in [0.1, 0.15) is 0 Å². The van der Waals surface area contributed by atoms with E-state index in [-0.39, 0.29) is 18.0 Å². The van der Waals surface area contributed by atoms with Crippen LogP contribution in [0.5, 0.6) is 23.1 Å². The fourth-order valence-corrected chi connectivity index (χ4v) is 4.43. The van der Waals surface area contributed by atoms with E-state index in [0.29, 0.717) is 47.8 Å². The zero-order valence-corrected chi connectivity index (χ0v) is 19.0. The SMILES string of the molecule is COc1cccc(-c2nnc3ccc(OCCNS(=O)(=O)c4ccc5c(c4)OCCO5)nn23)c1. The molecule has 34 heavy (non-hydrogen) atoms. The summed E-state index contributed by atoms with van der Waals surface area (Å²) < 4.78 is 51.1. The van der Waals surface area contributed by atoms with Crippen molar-refractivity contribution in [3.63, 3.8) is 0 Å². The Morgan fingerprint density at radius 3 is 2.74 bits per heavy atom. The summed E-state index contributed by atoms with van der Waals surface area (Å²) in [6.07, 6.45) is 0. The number of aromatic nitrogens is 4. The van der Waals surface area contributed by atoms with Gasteiger partial charge in [0, 0.05) is 24.2 Å². The number of nitrogens with zero attached hydrogens (tertiary/aromatic N) is 4. The molecule has 11 nitrogen and oxygen atoms in total. The van der Waals surface area contributed by atoms with Crippen molar-refractivity contribution in [2.24, 2.45) is 0 Å². The molecule has 0 bridgehead atoms. The van der Waals surface area contributed by atoms with E-state index in [1.165, 1.54) is 12.1 Å². The quantitative estimate of drug-likeness (QED) is 0.374. The van der Waals surface area contributed by atoms with Gasteiger partial charge in [-0.15, -0.1) is 15.3 Å². The van der Waals surface area contributed by atoms with Gasteiger partial charge in [0.2, 0.25) is 15.9 Å². The first-order valence-corrected chi connectivity index (χ1v) is 11.9. The van der Waals surface area contributed by atoms with Gasteiger partial charge in [0.05, 0.1) is 12.0 Å². The molecule has 12 heteroatoms. The fourth-order valence-electron chi connectivity index (χ4n) is 3.40. The summed E-state index contributed by atoms with van der Waals surface area (Å²) >= 11 is 0. The van der Waals surface area contributed by atoms with E-state index in [1.54, 1.807) is 29.8 Å². The minimum absolute atomic E-state index is 0.0431. The molecule has 1 aliphatic heterocycles. The van der Waals surface area contributed by atoms with Crippen molar-refractivity contribution in [3.8, 4) is 34.5 Å². The highest BCUT2D eigenvalue weighted by molar-refractivity contribution is 7.89. The van der Waals surface area contributed by atoms with E-state index < -0.39 is 10.0 Å². The minimum Gasteiger partial charge on any atom is -0.497 e. The van der Waals surface area contributed by atoms with Crippen LogP contribution < -0.4 is 23.7 Å². The molecule has 0 amide bonds. The topological polar surface area (TPSA) is 126 Å². The first-order chi connectivity index (χ1) is 16.5. The highest BCUT2D eigenvalue weighted by Crippen LogP contribution is 2.32. The van der Waals surface area contributed by atoms with E-state index >= 15 is 0 Å². The summed E-state index contributed by atoms with van der Waals surface area (Å²) in [7, 11) is -2.16. The molecular weight excluding hydrogens is 462 g/mol. The van der Waals surface area contributed by atoms with Crippen molar-refractivity contribution in [1.82, 2.24) is 24.5 Å². The number of benzene rings is 2. The normalized spacial score (nSPS) is 13.1. The van der Waals surface area contributed by atoms with Crippen LogP contribution in [0.2, 0.25) is 0 Å². The third kappa shape index (κ3) is 4.45. The van der Waals surface area contributed by atoms with Gasteiger partial charge >= 0.3 is 0 Å². The summed E-state index contributed by atoms with van der Waals surface area (Å²) in [5.41, 5.74) is 1.33. The third-order valence-corrected chi connectivity index (χ3v) is 6.49. The predicted octanol–water partition coefficient (Wildman–Crippen LogP) is 1.93. The third-order valence-electron chi connectivity index (χ3n) is 5.03. The summed E-state index contributed by atoms with van der Waals surface area (Å²) in [5.74, 6) is 2.45. The second-order valence-electron chi connectivity index (χ2n) is 7.25. The molecule has 1 aliphatic rings. The van der Waals surface area contributed by atoms with Crippen molar-refractivity contribution in [2.45, 2.75) is 4.90 Å². The van der Waals surface area contributed by atoms with E-state index in [2.05, 4.69) is 20.0 Å². The number of methoxy groups -OCH3 is 1. The summed E-state index contributed by atoms with van der Waals surface area (Å²) in [6, 6.07) is 15.3. The fraction of sp³-hybridized carbons (Fsp3) is 0.227. The van der Waals surface area contributed by atoms with Gasteiger partial charge in [0.15, 0.2) is 23.0 Å². The lowest BCUT2D eigenvalue weighted by atomic mass is 10.2. The monoisotopic (exact) mass is 483 g/mol. The van der Waals surface area contributed by atoms with Crippen LogP contribution in [0.15, 0.2) is 59.5 Å². The van der Waals surface area contributed by atoms with Crippen molar-refractivity contribution in [2.75, 3.05) is 33.5 Å². The summed E-state index contributed by atoms with van der Waals surface area (Å²) in [5, 5.41) is 12.8. The van der Waals surface area contributed by atoms with Gasteiger partial charge in [-0.05, 0) is 30.3 Å². The number of hydrogen-bond acceptors (Lipinski definition) is 9. The molecule has 2 aromatic heterocycles. The lowest BCUT2D eigenvalue weighted by Crippen LogP contribution is -2.28. The van der Waals surface area contributed by atoms with E-state index in [4.69, 9.17) is 18.9 Å². The highest BCUT2D eigenvalue weighted by atomic mass is 32.2. The zero-order chi connectivity index (χ0) is 23.5. The van der Waals surface area contributed by atoms with Gasteiger partial charge in [-0.25, -0.2) is 13.1 Å². The first-order valence-electron chi connectivity index (χ1n) is 10.4. The average molecular weight is 484 g/mol. The van der Waals surface area contributed by atoms with Gasteiger partial charge in [-0.1, -0.05) is 12.1 Å². The van der Waals surface area contributed by atoms with Crippen LogP contribution in [0, 0.1) is 0 Å². The molecule has 2 aromatic carbocycles. The van der Waals surface area contributed by atoms with Gasteiger partial charge in [-0.2, -0.15) is 4.52 Å². The maximum Gasteiger partial charge on any atom is 0.240 e. The lowest BCUT2D eigenvalue weighted by molar-refractivity contribution is 0.171. The Morgan fingerprint density at radius 1 is 1.03 bits per heavy atom. The Morgan fingerprint density at radius 2 is 1.88 bits per heavy atom. The van der Waals surface area contributed by atoms with Crippen LogP contribution in [-0.2, 0) is 10.0 Å². The molecule has 0 spiro atoms. The van der Waals surface area contributed by atoms with Crippen molar-refractivity contribution >= 4 is 15.7 Å². The second-order valence-corrected chi connectivity index (χ2v) is 9.02. The van der Waals surface area contributed by atoms with Gasteiger partial charge in [0.1, 0.15) is 25.6 Å². The van der Waals surface area contributed by atoms with Gasteiger partial charge < -0.3 is 18.9 Å². The molecule has 0 saturated carbocycles. The molecule has 1 N–H and O–H groups in total. The molecule has 0 atom stereocenters. The Bertz CT molecular complexity index is 1440. The molecule has 0 aliphatic carbocycles. The number of sulfonamides is 1. The maximum atomic E-state index is 12.6. The second kappa shape index (κ2) is 9.15. The Kier molecular flexibility index (Phi) is 5.90. The molecule has 3 heterocycles. The van der Waals surface area contributed by atoms with E-state index in [9.17, 15) is 8.42 Å². The van der Waals surface area contributed by atoms with Crippen molar-refractivity contribution < 1.29 is 27.4 Å². The molecule has 4 aromatic rings. The van der Waals surface area contributed by atoms with E-state index in [1.807, 2.05) is 24.3 Å². The molecule has 176 valence electrons. The van der Waals surface area contributed by atoms with Crippen molar-refractivity contribution in [3.05, 3.63) is 54.6 Å². The van der Waals surface area contributed by atoms with Crippen molar-refractivity contribution in [1.29, 1.82) is 0 Å². The van der Waals surface area contributed by atoms with Gasteiger partial charge in [-0.3, -0.25) is 0 Å². The van der Waals surface area contributed by atoms with E-state index in [0.717, 1.165) is 5.56 Å². The predicted molar refractivity (Wildman–Crippen MR) is 121 cm³/mol. The Hall–Kier alpha value is -3.90. The number of nitrogens with one attached hydrogen (secondary N) is 1. The van der Waals surface area contributed by atoms with Crippen LogP contribution in [0.4, 0.5) is 0 Å². The first kappa shape index (κ1) is 21.9. The van der Waals surface area contributed by atoms with Crippen LogP contribution >= 0.6 is 0 Å². The molecule has 0 saturated heterocycles. The Labute approximate surface area is 195 Å². The van der Waals surface area contributed by atoms with Crippen LogP contribution in [0.25, 0.3) is 17.0 Å². The van der Waals surface area contributed by atoms with Crippen LogP contribution in [0.3, 0.4) is 0 Å². The Balaban J connectivity index is 1.25. The summed E-state index contributed by atoms with van der Waals surface area (Å²) in [4.78, 5) is 0.0868. The number of ether oxygens (including phenoxy) is 4. The maximum absolute atomic E-state index is 12.6. The number of rotatable bonds is 8. The number of fused-ring (bicyclic) bond motifs is 2. The zero-order valence-electron chi connectivity index (χ0n) is 18.2. The molecule has 0 unspecified atom stereocenters. The molecule has 0 fully saturated rings. The molecule has 5 rings (SSSR count). The highest BCUT2D eigenvalue weighted by Gasteiger charge is 2.19. The van der Waals surface area contributed by atoms with Gasteiger partial charge in [0.25, 0.3) is 0 Å². The standard InChI is InChI=1S/C22H21N5O6S/c1-30-16-4-2-3-15(13-16)22-25-24-20-7-8-21(26-27(20)22)33-10-9-23-34(28,29)17-5-6-18-19(14-17)32-12-11-31-18/h2-8,13-14,23H,9-12H2,1H3. The summed E-state index contributed by atoms with van der Waals surface area (Å²) in [6.45, 7) is 0.923. The largest absolute Gasteiger partial charge is 0.497 e. The number of hydrogen-bond donors (Lipinski definition) is 1. The average Bonchev–Trinajstić information content (AvgIpc) is 3.30. The van der Waals surface area contributed by atoms with Crippen LogP contribution in [-0.4, -0.2) is 61.7 Å². The molecule has 0 radical (unpaired) electrons. The smallest absolute Gasteiger partial charge is 0.240 e. The minimum atomic E-state index is -3.75. The lowest BCUT2D eigenvalue weighted by Gasteiger charge is -2.18. The molecular formula is C22H21N5O6S.